The molecule has 0 saturated heterocycles. The monoisotopic (exact) mass is 216 g/mol. The molecule has 0 aromatic carbocycles. The van der Waals surface area contributed by atoms with Gasteiger partial charge in [-0.15, -0.1) is 0 Å². The fourth-order valence-corrected chi connectivity index (χ4v) is 1.51. The lowest BCUT2D eigenvalue weighted by Crippen LogP contribution is -2.46. The molecule has 14 heavy (non-hydrogen) atoms. The van der Waals surface area contributed by atoms with E-state index in [9.17, 15) is 4.79 Å². The van der Waals surface area contributed by atoms with Crippen LogP contribution < -0.4 is 11.1 Å². The average Bonchev–Trinajstić information content (AvgIpc) is 2.93. The van der Waals surface area contributed by atoms with Crippen molar-refractivity contribution >= 4 is 23.1 Å². The van der Waals surface area contributed by atoms with Gasteiger partial charge in [0.25, 0.3) is 0 Å². The Morgan fingerprint density at radius 3 is 2.79 bits per heavy atom. The van der Waals surface area contributed by atoms with Gasteiger partial charge in [0.2, 0.25) is 5.91 Å². The van der Waals surface area contributed by atoms with Gasteiger partial charge in [-0.1, -0.05) is 12.2 Å². The molecule has 80 valence electrons. The summed E-state index contributed by atoms with van der Waals surface area (Å²) in [4.78, 5) is 11.7. The van der Waals surface area contributed by atoms with Gasteiger partial charge in [-0.2, -0.15) is 0 Å². The first kappa shape index (κ1) is 11.4. The van der Waals surface area contributed by atoms with Crippen LogP contribution in [0.15, 0.2) is 0 Å². The normalized spacial score (nSPS) is 17.5. The van der Waals surface area contributed by atoms with Gasteiger partial charge in [-0.3, -0.25) is 4.79 Å². The molecule has 1 amide bonds. The van der Waals surface area contributed by atoms with Crippen LogP contribution in [0, 0.1) is 5.92 Å². The highest BCUT2D eigenvalue weighted by molar-refractivity contribution is 7.80. The zero-order valence-electron chi connectivity index (χ0n) is 8.29. The summed E-state index contributed by atoms with van der Waals surface area (Å²) < 4.78 is 4.98. The summed E-state index contributed by atoms with van der Waals surface area (Å²) in [5.74, 6) is 0.301. The van der Waals surface area contributed by atoms with Crippen molar-refractivity contribution in [3.8, 4) is 0 Å². The minimum Gasteiger partial charge on any atom is -0.392 e. The number of hydrogen-bond acceptors (Lipinski definition) is 3. The van der Waals surface area contributed by atoms with Gasteiger partial charge in [0.05, 0.1) is 11.0 Å². The lowest BCUT2D eigenvalue weighted by Gasteiger charge is -2.16. The van der Waals surface area contributed by atoms with E-state index in [0.29, 0.717) is 17.5 Å². The van der Waals surface area contributed by atoms with Crippen LogP contribution in [0.4, 0.5) is 0 Å². The highest BCUT2D eigenvalue weighted by Gasteiger charge is 2.33. The summed E-state index contributed by atoms with van der Waals surface area (Å²) in [5.41, 5.74) is 5.53. The van der Waals surface area contributed by atoms with E-state index in [1.54, 1.807) is 0 Å². The third-order valence-corrected chi connectivity index (χ3v) is 2.41. The number of carbonyl (C=O) groups excluding carboxylic acids is 1. The van der Waals surface area contributed by atoms with E-state index >= 15 is 0 Å². The molecule has 1 atom stereocenters. The Kier molecular flexibility index (Phi) is 4.28. The molecule has 1 aliphatic rings. The topological polar surface area (TPSA) is 64.3 Å². The number of carbonyl (C=O) groups is 1. The number of amides is 1. The highest BCUT2D eigenvalue weighted by Crippen LogP contribution is 2.32. The lowest BCUT2D eigenvalue weighted by atomic mass is 10.2. The van der Waals surface area contributed by atoms with Crippen molar-refractivity contribution in [3.05, 3.63) is 0 Å². The second-order valence-corrected chi connectivity index (χ2v) is 3.89. The third-order valence-electron chi connectivity index (χ3n) is 2.15. The van der Waals surface area contributed by atoms with Gasteiger partial charge in [0, 0.05) is 6.61 Å². The molecular weight excluding hydrogens is 200 g/mol. The van der Waals surface area contributed by atoms with Crippen molar-refractivity contribution in [2.24, 2.45) is 11.7 Å². The number of ether oxygens (including phenoxy) is 1. The van der Waals surface area contributed by atoms with Crippen molar-refractivity contribution in [1.29, 1.82) is 0 Å². The molecule has 1 aliphatic carbocycles. The van der Waals surface area contributed by atoms with E-state index in [1.165, 1.54) is 0 Å². The van der Waals surface area contributed by atoms with Gasteiger partial charge in [-0.05, 0) is 25.7 Å². The van der Waals surface area contributed by atoms with Crippen LogP contribution in [0.2, 0.25) is 0 Å². The summed E-state index contributed by atoms with van der Waals surface area (Å²) in [6.45, 7) is 2.47. The molecule has 0 radical (unpaired) electrons. The van der Waals surface area contributed by atoms with Crippen LogP contribution in [0.5, 0.6) is 0 Å². The largest absolute Gasteiger partial charge is 0.392 e. The second kappa shape index (κ2) is 5.26. The van der Waals surface area contributed by atoms with Gasteiger partial charge < -0.3 is 15.8 Å². The number of rotatable bonds is 6. The molecule has 1 rings (SSSR count). The van der Waals surface area contributed by atoms with Gasteiger partial charge in [0.1, 0.15) is 6.61 Å². The van der Waals surface area contributed by atoms with E-state index in [1.807, 2.05) is 6.92 Å². The molecule has 0 heterocycles. The molecular formula is C9H16N2O2S. The van der Waals surface area contributed by atoms with Crippen LogP contribution in [-0.2, 0) is 9.53 Å². The van der Waals surface area contributed by atoms with Crippen LogP contribution in [0.3, 0.4) is 0 Å². The Morgan fingerprint density at radius 1 is 1.71 bits per heavy atom. The first-order valence-electron chi connectivity index (χ1n) is 4.81. The maximum Gasteiger partial charge on any atom is 0.246 e. The first-order valence-corrected chi connectivity index (χ1v) is 5.22. The Morgan fingerprint density at radius 2 is 2.36 bits per heavy atom. The van der Waals surface area contributed by atoms with E-state index in [2.05, 4.69) is 5.32 Å². The Labute approximate surface area is 89.2 Å². The molecule has 0 aliphatic heterocycles. The zero-order chi connectivity index (χ0) is 10.6. The van der Waals surface area contributed by atoms with E-state index in [4.69, 9.17) is 22.7 Å². The molecule has 1 fully saturated rings. The van der Waals surface area contributed by atoms with Crippen LogP contribution in [0.1, 0.15) is 19.8 Å². The Hall–Kier alpha value is -0.680. The molecule has 1 unspecified atom stereocenters. The standard InChI is InChI=1S/C9H16N2O2S/c1-2-13-5-7(12)11-8(9(10)14)6-3-4-6/h6,8H,2-5H2,1H3,(H2,10,14)(H,11,12). The first-order chi connectivity index (χ1) is 6.65. The van der Waals surface area contributed by atoms with Crippen molar-refractivity contribution in [2.45, 2.75) is 25.8 Å². The molecule has 3 N–H and O–H groups in total. The van der Waals surface area contributed by atoms with E-state index in [-0.39, 0.29) is 18.6 Å². The fourth-order valence-electron chi connectivity index (χ4n) is 1.26. The predicted octanol–water partition coefficient (Wildman–Crippen LogP) is 0.204. The zero-order valence-corrected chi connectivity index (χ0v) is 9.10. The highest BCUT2D eigenvalue weighted by atomic mass is 32.1. The molecule has 0 spiro atoms. The minimum atomic E-state index is -0.142. The molecule has 1 saturated carbocycles. The van der Waals surface area contributed by atoms with Crippen molar-refractivity contribution in [3.63, 3.8) is 0 Å². The summed E-state index contributed by atoms with van der Waals surface area (Å²) in [6, 6.07) is -0.141. The molecule has 4 nitrogen and oxygen atoms in total. The Balaban J connectivity index is 2.31. The quantitative estimate of drug-likeness (QED) is 0.623. The van der Waals surface area contributed by atoms with Crippen LogP contribution in [0.25, 0.3) is 0 Å². The third kappa shape index (κ3) is 3.59. The van der Waals surface area contributed by atoms with Gasteiger partial charge in [0.15, 0.2) is 0 Å². The minimum absolute atomic E-state index is 0.0856. The summed E-state index contributed by atoms with van der Waals surface area (Å²) in [5, 5.41) is 2.78. The maximum atomic E-state index is 11.3. The maximum absolute atomic E-state index is 11.3. The predicted molar refractivity (Wildman–Crippen MR) is 57.9 cm³/mol. The van der Waals surface area contributed by atoms with Crippen molar-refractivity contribution in [2.75, 3.05) is 13.2 Å². The van der Waals surface area contributed by atoms with Crippen molar-refractivity contribution < 1.29 is 9.53 Å². The molecule has 0 aromatic heterocycles. The SMILES string of the molecule is CCOCC(=O)NC(C(N)=S)C1CC1. The second-order valence-electron chi connectivity index (χ2n) is 3.42. The number of hydrogen-bond donors (Lipinski definition) is 2. The summed E-state index contributed by atoms with van der Waals surface area (Å²) in [7, 11) is 0. The van der Waals surface area contributed by atoms with Gasteiger partial charge >= 0.3 is 0 Å². The Bertz CT molecular complexity index is 229. The molecule has 0 bridgehead atoms. The molecule has 5 heteroatoms. The van der Waals surface area contributed by atoms with Crippen molar-refractivity contribution in [1.82, 2.24) is 5.32 Å². The number of thiocarbonyl (C=S) groups is 1. The van der Waals surface area contributed by atoms with Gasteiger partial charge in [-0.25, -0.2) is 0 Å². The number of nitrogens with two attached hydrogens (primary N) is 1. The van der Waals surface area contributed by atoms with Crippen LogP contribution in [-0.4, -0.2) is 30.2 Å². The number of nitrogens with one attached hydrogen (secondary N) is 1. The van der Waals surface area contributed by atoms with E-state index < -0.39 is 0 Å². The summed E-state index contributed by atoms with van der Waals surface area (Å²) in [6.07, 6.45) is 2.19. The van der Waals surface area contributed by atoms with Crippen LogP contribution >= 0.6 is 12.2 Å². The average molecular weight is 216 g/mol. The van der Waals surface area contributed by atoms with E-state index in [0.717, 1.165) is 12.8 Å². The smallest absolute Gasteiger partial charge is 0.246 e. The fraction of sp³-hybridized carbons (Fsp3) is 0.778. The lowest BCUT2D eigenvalue weighted by molar-refractivity contribution is -0.125. The molecule has 0 aromatic rings. The summed E-state index contributed by atoms with van der Waals surface area (Å²) >= 11 is 4.89.